The molecule has 3 rings (SSSR count). The van der Waals surface area contributed by atoms with Crippen LogP contribution in [0.15, 0.2) is 24.4 Å². The lowest BCUT2D eigenvalue weighted by molar-refractivity contribution is -0.141. The first kappa shape index (κ1) is 16.5. The van der Waals surface area contributed by atoms with E-state index in [-0.39, 0.29) is 0 Å². The molecule has 0 atom stereocenters. The van der Waals surface area contributed by atoms with Gasteiger partial charge in [0.25, 0.3) is 0 Å². The highest BCUT2D eigenvalue weighted by Crippen LogP contribution is 2.34. The summed E-state index contributed by atoms with van der Waals surface area (Å²) in [6.45, 7) is 2.07. The highest BCUT2D eigenvalue weighted by atomic mass is 32.1. The average molecular weight is 343 g/mol. The molecule has 0 spiro atoms. The molecule has 126 valence electrons. The summed E-state index contributed by atoms with van der Waals surface area (Å²) in [6, 6.07) is 5.39. The Bertz CT molecular complexity index is 629. The SMILES string of the molecule is FC(F)(F)c1ccn(CCCNCc2ccc(CC3CC3)s2)n1. The van der Waals surface area contributed by atoms with Crippen molar-refractivity contribution in [2.75, 3.05) is 6.54 Å². The fourth-order valence-corrected chi connectivity index (χ4v) is 3.55. The smallest absolute Gasteiger partial charge is 0.312 e. The first-order chi connectivity index (χ1) is 11.0. The van der Waals surface area contributed by atoms with Crippen LogP contribution < -0.4 is 5.32 Å². The van der Waals surface area contributed by atoms with E-state index in [1.807, 2.05) is 11.3 Å². The average Bonchev–Trinajstić information content (AvgIpc) is 2.99. The summed E-state index contributed by atoms with van der Waals surface area (Å²) in [5.41, 5.74) is -0.827. The molecule has 3 nitrogen and oxygen atoms in total. The van der Waals surface area contributed by atoms with Crippen molar-refractivity contribution in [3.63, 3.8) is 0 Å². The van der Waals surface area contributed by atoms with Gasteiger partial charge in [0, 0.05) is 29.0 Å². The molecule has 0 aromatic carbocycles. The molecule has 1 aliphatic rings. The van der Waals surface area contributed by atoms with Crippen LogP contribution in [0.1, 0.15) is 34.7 Å². The van der Waals surface area contributed by atoms with Crippen molar-refractivity contribution in [2.45, 2.75) is 44.9 Å². The maximum Gasteiger partial charge on any atom is 0.435 e. The number of aromatic nitrogens is 2. The molecule has 0 bridgehead atoms. The van der Waals surface area contributed by atoms with Crippen molar-refractivity contribution in [3.8, 4) is 0 Å². The molecule has 23 heavy (non-hydrogen) atoms. The number of nitrogens with zero attached hydrogens (tertiary/aromatic N) is 2. The minimum absolute atomic E-state index is 0.487. The van der Waals surface area contributed by atoms with Gasteiger partial charge in [-0.05, 0) is 56.3 Å². The van der Waals surface area contributed by atoms with E-state index < -0.39 is 11.9 Å². The van der Waals surface area contributed by atoms with Gasteiger partial charge in [-0.3, -0.25) is 4.68 Å². The molecular weight excluding hydrogens is 323 g/mol. The van der Waals surface area contributed by atoms with Crippen molar-refractivity contribution in [2.24, 2.45) is 5.92 Å². The number of hydrogen-bond acceptors (Lipinski definition) is 3. The normalized spacial score (nSPS) is 15.3. The van der Waals surface area contributed by atoms with Crippen LogP contribution in [0.2, 0.25) is 0 Å². The molecule has 0 saturated heterocycles. The van der Waals surface area contributed by atoms with Gasteiger partial charge in [0.1, 0.15) is 0 Å². The predicted octanol–water partition coefficient (Wildman–Crippen LogP) is 4.10. The van der Waals surface area contributed by atoms with Crippen LogP contribution >= 0.6 is 11.3 Å². The summed E-state index contributed by atoms with van der Waals surface area (Å²) in [4.78, 5) is 2.78. The Hall–Kier alpha value is -1.34. The Labute approximate surface area is 137 Å². The lowest BCUT2D eigenvalue weighted by Gasteiger charge is -2.04. The van der Waals surface area contributed by atoms with Gasteiger partial charge in [0.2, 0.25) is 0 Å². The number of nitrogens with one attached hydrogen (secondary N) is 1. The number of thiophene rings is 1. The molecule has 0 radical (unpaired) electrons. The van der Waals surface area contributed by atoms with Crippen molar-refractivity contribution >= 4 is 11.3 Å². The molecule has 1 saturated carbocycles. The first-order valence-electron chi connectivity index (χ1n) is 7.89. The van der Waals surface area contributed by atoms with Crippen molar-refractivity contribution in [1.82, 2.24) is 15.1 Å². The lowest BCUT2D eigenvalue weighted by Crippen LogP contribution is -2.16. The van der Waals surface area contributed by atoms with Crippen LogP contribution in [0.3, 0.4) is 0 Å². The molecule has 2 aromatic rings. The van der Waals surface area contributed by atoms with Gasteiger partial charge >= 0.3 is 6.18 Å². The minimum atomic E-state index is -4.36. The summed E-state index contributed by atoms with van der Waals surface area (Å²) in [5.74, 6) is 0.908. The van der Waals surface area contributed by atoms with Crippen molar-refractivity contribution in [1.29, 1.82) is 0 Å². The van der Waals surface area contributed by atoms with Gasteiger partial charge in [-0.25, -0.2) is 0 Å². The summed E-state index contributed by atoms with van der Waals surface area (Å²) in [6.07, 6.45) is 1.72. The molecule has 1 aliphatic carbocycles. The summed E-state index contributed by atoms with van der Waals surface area (Å²) >= 11 is 1.86. The largest absolute Gasteiger partial charge is 0.435 e. The van der Waals surface area contributed by atoms with E-state index in [1.54, 1.807) is 0 Å². The highest BCUT2D eigenvalue weighted by molar-refractivity contribution is 7.11. The van der Waals surface area contributed by atoms with Crippen LogP contribution in [0.4, 0.5) is 13.2 Å². The topological polar surface area (TPSA) is 29.9 Å². The molecule has 0 unspecified atom stereocenters. The molecule has 1 fully saturated rings. The van der Waals surface area contributed by atoms with Crippen molar-refractivity contribution < 1.29 is 13.2 Å². The second-order valence-electron chi connectivity index (χ2n) is 6.01. The van der Waals surface area contributed by atoms with Gasteiger partial charge in [0.15, 0.2) is 5.69 Å². The van der Waals surface area contributed by atoms with Gasteiger partial charge in [-0.2, -0.15) is 18.3 Å². The van der Waals surface area contributed by atoms with E-state index in [4.69, 9.17) is 0 Å². The molecule has 0 aliphatic heterocycles. The maximum absolute atomic E-state index is 12.4. The van der Waals surface area contributed by atoms with Crippen LogP contribution in [0.25, 0.3) is 0 Å². The Kier molecular flexibility index (Phi) is 5.06. The second-order valence-corrected chi connectivity index (χ2v) is 7.26. The van der Waals surface area contributed by atoms with E-state index in [0.29, 0.717) is 6.54 Å². The van der Waals surface area contributed by atoms with Crippen LogP contribution in [0.5, 0.6) is 0 Å². The molecular formula is C16H20F3N3S. The fourth-order valence-electron chi connectivity index (χ4n) is 2.45. The molecule has 2 aromatic heterocycles. The Balaban J connectivity index is 1.33. The van der Waals surface area contributed by atoms with E-state index in [0.717, 1.165) is 31.5 Å². The number of hydrogen-bond donors (Lipinski definition) is 1. The van der Waals surface area contributed by atoms with Gasteiger partial charge in [-0.1, -0.05) is 0 Å². The quantitative estimate of drug-likeness (QED) is 0.732. The summed E-state index contributed by atoms with van der Waals surface area (Å²) < 4.78 is 38.6. The van der Waals surface area contributed by atoms with Gasteiger partial charge in [0.05, 0.1) is 0 Å². The zero-order chi connectivity index (χ0) is 16.3. The third-order valence-corrected chi connectivity index (χ3v) is 4.98. The van der Waals surface area contributed by atoms with Gasteiger partial charge < -0.3 is 5.32 Å². The third kappa shape index (κ3) is 5.07. The summed E-state index contributed by atoms with van der Waals surface area (Å²) in [7, 11) is 0. The standard InChI is InChI=1S/C16H20F3N3S/c17-16(18,19)15-6-9-22(21-15)8-1-7-20-11-14-5-4-13(23-14)10-12-2-3-12/h4-6,9,12,20H,1-3,7-8,10-11H2. The van der Waals surface area contributed by atoms with Crippen LogP contribution in [0, 0.1) is 5.92 Å². The molecule has 7 heteroatoms. The molecule has 1 N–H and O–H groups in total. The maximum atomic E-state index is 12.4. The molecule has 2 heterocycles. The zero-order valence-corrected chi connectivity index (χ0v) is 13.6. The second kappa shape index (κ2) is 7.05. The Morgan fingerprint density at radius 2 is 2.00 bits per heavy atom. The van der Waals surface area contributed by atoms with Crippen molar-refractivity contribution in [3.05, 3.63) is 39.8 Å². The fraction of sp³-hybridized carbons (Fsp3) is 0.562. The summed E-state index contributed by atoms with van der Waals surface area (Å²) in [5, 5.41) is 6.88. The van der Waals surface area contributed by atoms with Gasteiger partial charge in [-0.15, -0.1) is 11.3 Å². The van der Waals surface area contributed by atoms with E-state index in [2.05, 4.69) is 22.5 Å². The van der Waals surface area contributed by atoms with Crippen LogP contribution in [-0.4, -0.2) is 16.3 Å². The lowest BCUT2D eigenvalue weighted by atomic mass is 10.2. The highest BCUT2D eigenvalue weighted by Gasteiger charge is 2.33. The van der Waals surface area contributed by atoms with E-state index >= 15 is 0 Å². The minimum Gasteiger partial charge on any atom is -0.312 e. The molecule has 0 amide bonds. The van der Waals surface area contributed by atoms with Crippen LogP contribution in [-0.2, 0) is 25.7 Å². The first-order valence-corrected chi connectivity index (χ1v) is 8.71. The number of halogens is 3. The third-order valence-electron chi connectivity index (χ3n) is 3.88. The number of alkyl halides is 3. The van der Waals surface area contributed by atoms with E-state index in [9.17, 15) is 13.2 Å². The predicted molar refractivity (Wildman–Crippen MR) is 84.3 cm³/mol. The monoisotopic (exact) mass is 343 g/mol. The zero-order valence-electron chi connectivity index (χ0n) is 12.8. The Morgan fingerprint density at radius 1 is 1.22 bits per heavy atom. The van der Waals surface area contributed by atoms with E-state index in [1.165, 1.54) is 39.9 Å². The number of aryl methyl sites for hydroxylation is 1. The number of rotatable bonds is 8. The Morgan fingerprint density at radius 3 is 2.70 bits per heavy atom.